The lowest BCUT2D eigenvalue weighted by Crippen LogP contribution is -2.39. The third-order valence-corrected chi connectivity index (χ3v) is 5.60. The number of carbonyl (C=O) groups excluding carboxylic acids is 1. The quantitative estimate of drug-likeness (QED) is 0.900. The van der Waals surface area contributed by atoms with Crippen LogP contribution in [0.3, 0.4) is 0 Å². The second-order valence-corrected chi connectivity index (χ2v) is 7.32. The summed E-state index contributed by atoms with van der Waals surface area (Å²) < 4.78 is 11.3. The number of benzene rings is 2. The Bertz CT molecular complexity index is 808. The van der Waals surface area contributed by atoms with Gasteiger partial charge in [-0.1, -0.05) is 43.3 Å². The molecule has 4 rings (SSSR count). The summed E-state index contributed by atoms with van der Waals surface area (Å²) in [7, 11) is 0. The minimum absolute atomic E-state index is 0.0683. The number of ether oxygens (including phenoxy) is 2. The SMILES string of the molecule is CC(C(=O)N1CCCC1c1ccc2c(c1)OCCO2)C(N)c1ccccc1. The fraction of sp³-hybridized carbons (Fsp3) is 0.409. The molecule has 0 spiro atoms. The van der Waals surface area contributed by atoms with Crippen LogP contribution in [0.25, 0.3) is 0 Å². The van der Waals surface area contributed by atoms with Crippen molar-refractivity contribution in [2.24, 2.45) is 11.7 Å². The number of hydrogen-bond donors (Lipinski definition) is 1. The zero-order chi connectivity index (χ0) is 18.8. The number of hydrogen-bond acceptors (Lipinski definition) is 4. The van der Waals surface area contributed by atoms with E-state index < -0.39 is 0 Å². The first-order chi connectivity index (χ1) is 13.1. The van der Waals surface area contributed by atoms with Crippen LogP contribution in [-0.4, -0.2) is 30.6 Å². The number of likely N-dealkylation sites (tertiary alicyclic amines) is 1. The Kier molecular flexibility index (Phi) is 5.03. The van der Waals surface area contributed by atoms with Gasteiger partial charge in [0.2, 0.25) is 5.91 Å². The molecular weight excluding hydrogens is 340 g/mol. The third-order valence-electron chi connectivity index (χ3n) is 5.60. The Morgan fingerprint density at radius 1 is 1.11 bits per heavy atom. The third kappa shape index (κ3) is 3.52. The van der Waals surface area contributed by atoms with Gasteiger partial charge in [0.25, 0.3) is 0 Å². The molecule has 2 aliphatic heterocycles. The molecule has 0 radical (unpaired) electrons. The van der Waals surface area contributed by atoms with Crippen molar-refractivity contribution in [1.82, 2.24) is 4.90 Å². The molecule has 1 amide bonds. The molecule has 0 aliphatic carbocycles. The van der Waals surface area contributed by atoms with Gasteiger partial charge < -0.3 is 20.1 Å². The van der Waals surface area contributed by atoms with Gasteiger partial charge in [-0.05, 0) is 36.1 Å². The van der Waals surface area contributed by atoms with Gasteiger partial charge in [-0.25, -0.2) is 0 Å². The van der Waals surface area contributed by atoms with E-state index in [4.69, 9.17) is 15.2 Å². The molecule has 1 saturated heterocycles. The molecule has 2 aromatic rings. The molecule has 0 saturated carbocycles. The largest absolute Gasteiger partial charge is 0.486 e. The molecule has 5 heteroatoms. The summed E-state index contributed by atoms with van der Waals surface area (Å²) in [4.78, 5) is 15.2. The highest BCUT2D eigenvalue weighted by Gasteiger charge is 2.35. The van der Waals surface area contributed by atoms with E-state index in [1.54, 1.807) is 0 Å². The van der Waals surface area contributed by atoms with Crippen LogP contribution in [-0.2, 0) is 4.79 Å². The summed E-state index contributed by atoms with van der Waals surface area (Å²) in [6.45, 7) is 3.84. The minimum atomic E-state index is -0.305. The van der Waals surface area contributed by atoms with E-state index >= 15 is 0 Å². The van der Waals surface area contributed by atoms with Crippen molar-refractivity contribution in [3.05, 3.63) is 59.7 Å². The zero-order valence-electron chi connectivity index (χ0n) is 15.6. The number of nitrogens with two attached hydrogens (primary N) is 1. The Balaban J connectivity index is 1.53. The summed E-state index contributed by atoms with van der Waals surface area (Å²) in [5.41, 5.74) is 8.49. The smallest absolute Gasteiger partial charge is 0.227 e. The lowest BCUT2D eigenvalue weighted by atomic mass is 9.93. The monoisotopic (exact) mass is 366 g/mol. The molecular formula is C22H26N2O3. The molecule has 2 N–H and O–H groups in total. The molecule has 142 valence electrons. The van der Waals surface area contributed by atoms with E-state index in [0.29, 0.717) is 13.2 Å². The van der Waals surface area contributed by atoms with E-state index in [9.17, 15) is 4.79 Å². The second-order valence-electron chi connectivity index (χ2n) is 7.32. The minimum Gasteiger partial charge on any atom is -0.486 e. The van der Waals surface area contributed by atoms with E-state index in [0.717, 1.165) is 42.0 Å². The molecule has 0 aromatic heterocycles. The van der Waals surface area contributed by atoms with E-state index in [1.807, 2.05) is 60.4 Å². The molecule has 27 heavy (non-hydrogen) atoms. The van der Waals surface area contributed by atoms with E-state index in [2.05, 4.69) is 0 Å². The topological polar surface area (TPSA) is 64.8 Å². The number of nitrogens with zero attached hydrogens (tertiary/aromatic N) is 1. The average Bonchev–Trinajstić information content (AvgIpc) is 3.22. The highest BCUT2D eigenvalue weighted by atomic mass is 16.6. The van der Waals surface area contributed by atoms with Gasteiger partial charge in [0, 0.05) is 12.6 Å². The maximum atomic E-state index is 13.2. The van der Waals surface area contributed by atoms with Gasteiger partial charge >= 0.3 is 0 Å². The van der Waals surface area contributed by atoms with Gasteiger partial charge in [0.05, 0.1) is 12.0 Å². The van der Waals surface area contributed by atoms with Crippen molar-refractivity contribution in [2.75, 3.05) is 19.8 Å². The van der Waals surface area contributed by atoms with Gasteiger partial charge in [0.15, 0.2) is 11.5 Å². The number of carbonyl (C=O) groups is 1. The Labute approximate surface area is 160 Å². The predicted molar refractivity (Wildman–Crippen MR) is 104 cm³/mol. The first-order valence-electron chi connectivity index (χ1n) is 9.65. The van der Waals surface area contributed by atoms with Gasteiger partial charge in [-0.3, -0.25) is 4.79 Å². The van der Waals surface area contributed by atoms with Crippen molar-refractivity contribution in [1.29, 1.82) is 0 Å². The number of fused-ring (bicyclic) bond motifs is 1. The van der Waals surface area contributed by atoms with Gasteiger partial charge in [-0.15, -0.1) is 0 Å². The lowest BCUT2D eigenvalue weighted by molar-refractivity contribution is -0.136. The first kappa shape index (κ1) is 17.9. The summed E-state index contributed by atoms with van der Waals surface area (Å²) in [6, 6.07) is 15.6. The van der Waals surface area contributed by atoms with Crippen LogP contribution in [0.15, 0.2) is 48.5 Å². The highest BCUT2D eigenvalue weighted by molar-refractivity contribution is 5.80. The van der Waals surface area contributed by atoms with Crippen molar-refractivity contribution in [3.8, 4) is 11.5 Å². The van der Waals surface area contributed by atoms with E-state index in [1.165, 1.54) is 0 Å². The predicted octanol–water partition coefficient (Wildman–Crippen LogP) is 3.46. The van der Waals surface area contributed by atoms with Gasteiger partial charge in [0.1, 0.15) is 13.2 Å². The highest BCUT2D eigenvalue weighted by Crippen LogP contribution is 2.39. The maximum Gasteiger partial charge on any atom is 0.227 e. The van der Waals surface area contributed by atoms with Gasteiger partial charge in [-0.2, -0.15) is 0 Å². The van der Waals surface area contributed by atoms with Crippen LogP contribution in [0.2, 0.25) is 0 Å². The summed E-state index contributed by atoms with van der Waals surface area (Å²) in [5.74, 6) is 1.39. The summed E-state index contributed by atoms with van der Waals surface area (Å²) in [6.07, 6.45) is 1.96. The molecule has 3 unspecified atom stereocenters. The van der Waals surface area contributed by atoms with Crippen molar-refractivity contribution in [2.45, 2.75) is 31.8 Å². The Morgan fingerprint density at radius 3 is 2.63 bits per heavy atom. The molecule has 0 bridgehead atoms. The van der Waals surface area contributed by atoms with Crippen LogP contribution in [0, 0.1) is 5.92 Å². The lowest BCUT2D eigenvalue weighted by Gasteiger charge is -2.31. The summed E-state index contributed by atoms with van der Waals surface area (Å²) in [5, 5.41) is 0. The Hall–Kier alpha value is -2.53. The first-order valence-corrected chi connectivity index (χ1v) is 9.65. The van der Waals surface area contributed by atoms with Crippen molar-refractivity contribution in [3.63, 3.8) is 0 Å². The normalized spacial score (nSPS) is 21.0. The Morgan fingerprint density at radius 2 is 1.85 bits per heavy atom. The fourth-order valence-corrected chi connectivity index (χ4v) is 4.02. The van der Waals surface area contributed by atoms with Crippen LogP contribution >= 0.6 is 0 Å². The molecule has 5 nitrogen and oxygen atoms in total. The number of rotatable bonds is 4. The van der Waals surface area contributed by atoms with Crippen LogP contribution in [0.5, 0.6) is 11.5 Å². The average molecular weight is 366 g/mol. The molecule has 1 fully saturated rings. The standard InChI is InChI=1S/C22H26N2O3/c1-15(21(23)16-6-3-2-4-7-16)22(25)24-11-5-8-18(24)17-9-10-19-20(14-17)27-13-12-26-19/h2-4,6-7,9-10,14-15,18,21H,5,8,11-13,23H2,1H3. The zero-order valence-corrected chi connectivity index (χ0v) is 15.6. The second kappa shape index (κ2) is 7.61. The molecule has 2 heterocycles. The fourth-order valence-electron chi connectivity index (χ4n) is 4.02. The van der Waals surface area contributed by atoms with Crippen molar-refractivity contribution >= 4 is 5.91 Å². The maximum absolute atomic E-state index is 13.2. The molecule has 2 aliphatic rings. The van der Waals surface area contributed by atoms with Crippen LogP contribution < -0.4 is 15.2 Å². The van der Waals surface area contributed by atoms with Crippen LogP contribution in [0.4, 0.5) is 0 Å². The van der Waals surface area contributed by atoms with Crippen LogP contribution in [0.1, 0.15) is 43.0 Å². The van der Waals surface area contributed by atoms with E-state index in [-0.39, 0.29) is 23.9 Å². The summed E-state index contributed by atoms with van der Waals surface area (Å²) >= 11 is 0. The molecule has 2 aromatic carbocycles. The number of amides is 1. The van der Waals surface area contributed by atoms with Crippen molar-refractivity contribution < 1.29 is 14.3 Å². The molecule has 3 atom stereocenters.